The highest BCUT2D eigenvalue weighted by atomic mass is 32.2. The van der Waals surface area contributed by atoms with Gasteiger partial charge in [-0.05, 0) is 44.0 Å². The molecule has 0 saturated heterocycles. The summed E-state index contributed by atoms with van der Waals surface area (Å²) in [6.07, 6.45) is 1.54. The van der Waals surface area contributed by atoms with Crippen LogP contribution < -0.4 is 10.0 Å². The van der Waals surface area contributed by atoms with Gasteiger partial charge in [0.05, 0.1) is 5.75 Å². The largest absolute Gasteiger partial charge is 0.315 e. The number of benzene rings is 1. The Hall–Kier alpha value is -1.07. The summed E-state index contributed by atoms with van der Waals surface area (Å²) >= 11 is 0. The van der Waals surface area contributed by atoms with Crippen LogP contribution in [0.1, 0.15) is 32.3 Å². The lowest BCUT2D eigenvalue weighted by Gasteiger charge is -2.10. The van der Waals surface area contributed by atoms with E-state index in [1.165, 1.54) is 0 Å². The second-order valence-electron chi connectivity index (χ2n) is 5.11. The number of rotatable bonds is 8. The summed E-state index contributed by atoms with van der Waals surface area (Å²) < 4.78 is 26.4. The quantitative estimate of drug-likeness (QED) is 0.721. The fourth-order valence-electron chi connectivity index (χ4n) is 1.75. The van der Waals surface area contributed by atoms with Crippen molar-refractivity contribution >= 4 is 15.7 Å². The second-order valence-corrected chi connectivity index (χ2v) is 6.95. The SMILES string of the molecule is Cc1cccc(NS(=O)(=O)CCCCNC(C)C)c1. The number of hydrogen-bond donors (Lipinski definition) is 2. The zero-order chi connectivity index (χ0) is 14.3. The maximum atomic E-state index is 11.9. The van der Waals surface area contributed by atoms with Gasteiger partial charge in [-0.2, -0.15) is 0 Å². The Balaban J connectivity index is 2.36. The first-order chi connectivity index (χ1) is 8.89. The maximum absolute atomic E-state index is 11.9. The molecular formula is C14H24N2O2S. The van der Waals surface area contributed by atoms with Crippen LogP contribution >= 0.6 is 0 Å². The van der Waals surface area contributed by atoms with Crippen LogP contribution in [0.15, 0.2) is 24.3 Å². The van der Waals surface area contributed by atoms with Crippen molar-refractivity contribution in [1.82, 2.24) is 5.32 Å². The van der Waals surface area contributed by atoms with Gasteiger partial charge in [0.25, 0.3) is 0 Å². The molecule has 0 radical (unpaired) electrons. The minimum absolute atomic E-state index is 0.167. The van der Waals surface area contributed by atoms with Crippen molar-refractivity contribution in [2.45, 2.75) is 39.7 Å². The van der Waals surface area contributed by atoms with E-state index < -0.39 is 10.0 Å². The van der Waals surface area contributed by atoms with Crippen LogP contribution in [0.3, 0.4) is 0 Å². The molecule has 0 spiro atoms. The minimum Gasteiger partial charge on any atom is -0.315 e. The lowest BCUT2D eigenvalue weighted by molar-refractivity contribution is 0.561. The van der Waals surface area contributed by atoms with E-state index >= 15 is 0 Å². The highest BCUT2D eigenvalue weighted by molar-refractivity contribution is 7.92. The fourth-order valence-corrected chi connectivity index (χ4v) is 2.92. The molecule has 0 amide bonds. The summed E-state index contributed by atoms with van der Waals surface area (Å²) in [6.45, 7) is 6.96. The molecular weight excluding hydrogens is 260 g/mol. The predicted molar refractivity (Wildman–Crippen MR) is 81.0 cm³/mol. The topological polar surface area (TPSA) is 58.2 Å². The van der Waals surface area contributed by atoms with Gasteiger partial charge < -0.3 is 5.32 Å². The molecule has 108 valence electrons. The number of unbranched alkanes of at least 4 members (excludes halogenated alkanes) is 1. The predicted octanol–water partition coefficient (Wildman–Crippen LogP) is 2.51. The number of nitrogens with one attached hydrogen (secondary N) is 2. The van der Waals surface area contributed by atoms with Gasteiger partial charge >= 0.3 is 0 Å². The molecule has 5 heteroatoms. The van der Waals surface area contributed by atoms with E-state index in [9.17, 15) is 8.42 Å². The third-order valence-corrected chi connectivity index (χ3v) is 4.06. The van der Waals surface area contributed by atoms with Gasteiger partial charge in [0.15, 0.2) is 0 Å². The summed E-state index contributed by atoms with van der Waals surface area (Å²) in [5.41, 5.74) is 1.68. The van der Waals surface area contributed by atoms with Crippen LogP contribution in [0.25, 0.3) is 0 Å². The van der Waals surface area contributed by atoms with Gasteiger partial charge in [0.1, 0.15) is 0 Å². The highest BCUT2D eigenvalue weighted by Crippen LogP contribution is 2.12. The fraction of sp³-hybridized carbons (Fsp3) is 0.571. The number of aryl methyl sites for hydroxylation is 1. The number of hydrogen-bond acceptors (Lipinski definition) is 3. The molecule has 19 heavy (non-hydrogen) atoms. The van der Waals surface area contributed by atoms with Crippen LogP contribution in [-0.4, -0.2) is 26.8 Å². The van der Waals surface area contributed by atoms with Gasteiger partial charge in [0.2, 0.25) is 10.0 Å². The summed E-state index contributed by atoms with van der Waals surface area (Å²) in [5, 5.41) is 3.27. The molecule has 1 aromatic carbocycles. The van der Waals surface area contributed by atoms with E-state index in [1.807, 2.05) is 25.1 Å². The van der Waals surface area contributed by atoms with E-state index in [0.717, 1.165) is 18.5 Å². The van der Waals surface area contributed by atoms with Crippen molar-refractivity contribution in [3.05, 3.63) is 29.8 Å². The van der Waals surface area contributed by atoms with Crippen LogP contribution in [0.2, 0.25) is 0 Å². The Morgan fingerprint density at radius 2 is 1.95 bits per heavy atom. The third kappa shape index (κ3) is 7.18. The first-order valence-corrected chi connectivity index (χ1v) is 8.35. The Morgan fingerprint density at radius 3 is 2.58 bits per heavy atom. The van der Waals surface area contributed by atoms with E-state index in [0.29, 0.717) is 18.2 Å². The molecule has 0 atom stereocenters. The molecule has 0 saturated carbocycles. The molecule has 0 aliphatic heterocycles. The summed E-state index contributed by atoms with van der Waals surface area (Å²) in [6, 6.07) is 7.83. The molecule has 0 heterocycles. The highest BCUT2D eigenvalue weighted by Gasteiger charge is 2.09. The van der Waals surface area contributed by atoms with E-state index in [-0.39, 0.29) is 5.75 Å². The third-order valence-electron chi connectivity index (χ3n) is 2.68. The first kappa shape index (κ1) is 16.0. The van der Waals surface area contributed by atoms with Gasteiger partial charge in [-0.3, -0.25) is 4.72 Å². The molecule has 0 aromatic heterocycles. The summed E-state index contributed by atoms with van der Waals surface area (Å²) in [5.74, 6) is 0.167. The van der Waals surface area contributed by atoms with Crippen LogP contribution in [0, 0.1) is 6.92 Å². The van der Waals surface area contributed by atoms with Crippen molar-refractivity contribution in [2.24, 2.45) is 0 Å². The normalized spacial score (nSPS) is 11.8. The van der Waals surface area contributed by atoms with Crippen molar-refractivity contribution in [1.29, 1.82) is 0 Å². The summed E-state index contributed by atoms with van der Waals surface area (Å²) in [4.78, 5) is 0. The van der Waals surface area contributed by atoms with E-state index in [4.69, 9.17) is 0 Å². The molecule has 0 fully saturated rings. The Bertz CT molecular complexity index is 484. The first-order valence-electron chi connectivity index (χ1n) is 6.69. The Morgan fingerprint density at radius 1 is 1.21 bits per heavy atom. The standard InChI is InChI=1S/C14H24N2O2S/c1-12(2)15-9-4-5-10-19(17,18)16-14-8-6-7-13(3)11-14/h6-8,11-12,15-16H,4-5,9-10H2,1-3H3. The van der Waals surface area contributed by atoms with Crippen molar-refractivity contribution in [3.63, 3.8) is 0 Å². The molecule has 2 N–H and O–H groups in total. The van der Waals surface area contributed by atoms with Gasteiger partial charge in [-0.25, -0.2) is 8.42 Å². The van der Waals surface area contributed by atoms with Crippen LogP contribution in [0.5, 0.6) is 0 Å². The maximum Gasteiger partial charge on any atom is 0.232 e. The lowest BCUT2D eigenvalue weighted by atomic mass is 10.2. The Labute approximate surface area is 116 Å². The van der Waals surface area contributed by atoms with Gasteiger partial charge in [-0.15, -0.1) is 0 Å². The monoisotopic (exact) mass is 284 g/mol. The smallest absolute Gasteiger partial charge is 0.232 e. The minimum atomic E-state index is -3.23. The summed E-state index contributed by atoms with van der Waals surface area (Å²) in [7, 11) is -3.23. The van der Waals surface area contributed by atoms with Crippen LogP contribution in [0.4, 0.5) is 5.69 Å². The molecule has 4 nitrogen and oxygen atoms in total. The number of anilines is 1. The molecule has 0 unspecified atom stereocenters. The van der Waals surface area contributed by atoms with Crippen molar-refractivity contribution in [3.8, 4) is 0 Å². The lowest BCUT2D eigenvalue weighted by Crippen LogP contribution is -2.24. The van der Waals surface area contributed by atoms with E-state index in [2.05, 4.69) is 23.9 Å². The second kappa shape index (κ2) is 7.50. The van der Waals surface area contributed by atoms with Gasteiger partial charge in [0, 0.05) is 11.7 Å². The molecule has 0 aliphatic carbocycles. The van der Waals surface area contributed by atoms with Crippen molar-refractivity contribution in [2.75, 3.05) is 17.0 Å². The van der Waals surface area contributed by atoms with Gasteiger partial charge in [-0.1, -0.05) is 26.0 Å². The Kier molecular flexibility index (Phi) is 6.31. The average molecular weight is 284 g/mol. The molecule has 1 aromatic rings. The molecule has 0 aliphatic rings. The van der Waals surface area contributed by atoms with E-state index in [1.54, 1.807) is 6.07 Å². The molecule has 0 bridgehead atoms. The average Bonchev–Trinajstić information content (AvgIpc) is 2.27. The zero-order valence-electron chi connectivity index (χ0n) is 11.9. The number of sulfonamides is 1. The zero-order valence-corrected chi connectivity index (χ0v) is 12.8. The molecule has 1 rings (SSSR count). The van der Waals surface area contributed by atoms with Crippen LogP contribution in [-0.2, 0) is 10.0 Å². The van der Waals surface area contributed by atoms with Crippen molar-refractivity contribution < 1.29 is 8.42 Å².